The molecule has 0 aliphatic heterocycles. The monoisotopic (exact) mass is 508 g/mol. The average Bonchev–Trinajstić information content (AvgIpc) is 2.90. The van der Waals surface area contributed by atoms with E-state index in [-0.39, 0.29) is 29.8 Å². The zero-order valence-electron chi connectivity index (χ0n) is 22.3. The van der Waals surface area contributed by atoms with Gasteiger partial charge in [0.15, 0.2) is 11.5 Å². The van der Waals surface area contributed by atoms with Crippen molar-refractivity contribution in [2.45, 2.75) is 83.8 Å². The van der Waals surface area contributed by atoms with Crippen LogP contribution in [0.1, 0.15) is 75.6 Å². The van der Waals surface area contributed by atoms with Crippen LogP contribution in [0.5, 0.6) is 0 Å². The highest BCUT2D eigenvalue weighted by molar-refractivity contribution is 5.96. The lowest BCUT2D eigenvalue weighted by molar-refractivity contribution is -0.126. The Balaban J connectivity index is 1.98. The summed E-state index contributed by atoms with van der Waals surface area (Å²) in [5.41, 5.74) is 3.95. The predicted molar refractivity (Wildman–Crippen MR) is 146 cm³/mol. The van der Waals surface area contributed by atoms with Crippen LogP contribution in [0.2, 0.25) is 0 Å². The van der Waals surface area contributed by atoms with E-state index in [1.165, 1.54) is 12.2 Å². The second-order valence-electron chi connectivity index (χ2n) is 9.85. The second-order valence-corrected chi connectivity index (χ2v) is 9.85. The van der Waals surface area contributed by atoms with Crippen LogP contribution >= 0.6 is 0 Å². The fourth-order valence-corrected chi connectivity index (χ4v) is 4.14. The molecule has 2 unspecified atom stereocenters. The van der Waals surface area contributed by atoms with Gasteiger partial charge in [-0.1, -0.05) is 76.2 Å². The third-order valence-corrected chi connectivity index (χ3v) is 6.67. The van der Waals surface area contributed by atoms with Crippen LogP contribution in [0, 0.1) is 0 Å². The number of allylic oxidation sites excluding steroid dienone is 2. The molecule has 2 aromatic rings. The number of benzene rings is 2. The van der Waals surface area contributed by atoms with E-state index in [9.17, 15) is 30.0 Å². The Morgan fingerprint density at radius 3 is 1.32 bits per heavy atom. The molecule has 6 nitrogen and oxygen atoms in total. The Morgan fingerprint density at radius 1 is 0.703 bits per heavy atom. The van der Waals surface area contributed by atoms with Crippen molar-refractivity contribution >= 4 is 11.6 Å². The van der Waals surface area contributed by atoms with Gasteiger partial charge in [-0.05, 0) is 72.9 Å². The van der Waals surface area contributed by atoms with Crippen LogP contribution in [-0.4, -0.2) is 44.2 Å². The fraction of sp³-hybridized carbons (Fsp3) is 0.419. The van der Waals surface area contributed by atoms with Crippen molar-refractivity contribution in [1.82, 2.24) is 0 Å². The standard InChI is InChI=1S/C31H40O6/c1-5-7-25(32)29(36)27(34)19-13-21-9-15-23(16-10-21)31(3,4)24-17-11-22(12-18-24)14-20-28(35)30(37)26(33)8-6-2/h7-12,15-18,27-28,32-35H,5-6,13-14,19-20H2,1-4H3. The normalized spacial score (nSPS) is 14.3. The second kappa shape index (κ2) is 13.9. The van der Waals surface area contributed by atoms with Gasteiger partial charge in [-0.15, -0.1) is 0 Å². The minimum atomic E-state index is -1.23. The molecule has 0 aliphatic carbocycles. The first-order valence-electron chi connectivity index (χ1n) is 12.9. The highest BCUT2D eigenvalue weighted by Crippen LogP contribution is 2.32. The molecule has 200 valence electrons. The van der Waals surface area contributed by atoms with Gasteiger partial charge >= 0.3 is 0 Å². The number of carbonyl (C=O) groups is 2. The summed E-state index contributed by atoms with van der Waals surface area (Å²) < 4.78 is 0. The summed E-state index contributed by atoms with van der Waals surface area (Å²) in [5.74, 6) is -2.05. The Labute approximate surface area is 220 Å². The smallest absolute Gasteiger partial charge is 0.225 e. The molecule has 37 heavy (non-hydrogen) atoms. The average molecular weight is 509 g/mol. The van der Waals surface area contributed by atoms with Crippen molar-refractivity contribution in [2.75, 3.05) is 0 Å². The van der Waals surface area contributed by atoms with Crippen molar-refractivity contribution in [3.8, 4) is 0 Å². The Morgan fingerprint density at radius 2 is 1.03 bits per heavy atom. The molecule has 0 aromatic heterocycles. The highest BCUT2D eigenvalue weighted by Gasteiger charge is 2.24. The van der Waals surface area contributed by atoms with Crippen molar-refractivity contribution in [3.63, 3.8) is 0 Å². The summed E-state index contributed by atoms with van der Waals surface area (Å²) in [7, 11) is 0. The van der Waals surface area contributed by atoms with Gasteiger partial charge < -0.3 is 20.4 Å². The lowest BCUT2D eigenvalue weighted by Crippen LogP contribution is -2.23. The number of ketones is 2. The van der Waals surface area contributed by atoms with Gasteiger partial charge in [0.2, 0.25) is 11.6 Å². The molecule has 4 N–H and O–H groups in total. The molecule has 0 aliphatic rings. The first kappa shape index (κ1) is 30.0. The van der Waals surface area contributed by atoms with E-state index in [0.717, 1.165) is 22.3 Å². The first-order chi connectivity index (χ1) is 17.5. The largest absolute Gasteiger partial charge is 0.505 e. The van der Waals surface area contributed by atoms with Crippen molar-refractivity contribution < 1.29 is 30.0 Å². The van der Waals surface area contributed by atoms with Crippen molar-refractivity contribution in [2.24, 2.45) is 0 Å². The molecule has 0 amide bonds. The summed E-state index contributed by atoms with van der Waals surface area (Å²) in [6, 6.07) is 16.1. The number of hydrogen-bond acceptors (Lipinski definition) is 6. The molecule has 2 aromatic carbocycles. The van der Waals surface area contributed by atoms with Crippen LogP contribution < -0.4 is 0 Å². The molecule has 0 saturated heterocycles. The van der Waals surface area contributed by atoms with Gasteiger partial charge in [0.05, 0.1) is 0 Å². The van der Waals surface area contributed by atoms with E-state index in [2.05, 4.69) is 13.8 Å². The summed E-state index contributed by atoms with van der Waals surface area (Å²) in [6.07, 6.45) is 2.90. The molecule has 2 rings (SSSR count). The number of aliphatic hydroxyl groups excluding tert-OH is 4. The summed E-state index contributed by atoms with van der Waals surface area (Å²) in [4.78, 5) is 23.9. The third kappa shape index (κ3) is 8.41. The zero-order chi connectivity index (χ0) is 27.6. The Hall–Kier alpha value is -3.22. The number of rotatable bonds is 14. The minimum absolute atomic E-state index is 0.236. The number of carbonyl (C=O) groups excluding carboxylic acids is 2. The van der Waals surface area contributed by atoms with Gasteiger partial charge in [-0.3, -0.25) is 9.59 Å². The van der Waals surface area contributed by atoms with E-state index >= 15 is 0 Å². The molecule has 0 fully saturated rings. The van der Waals surface area contributed by atoms with E-state index < -0.39 is 23.8 Å². The van der Waals surface area contributed by atoms with Crippen molar-refractivity contribution in [1.29, 1.82) is 0 Å². The molecule has 0 bridgehead atoms. The minimum Gasteiger partial charge on any atom is -0.505 e. The number of aliphatic hydroxyl groups is 4. The highest BCUT2D eigenvalue weighted by atomic mass is 16.3. The van der Waals surface area contributed by atoms with Gasteiger partial charge in [0, 0.05) is 5.41 Å². The van der Waals surface area contributed by atoms with E-state index in [1.54, 1.807) is 0 Å². The Bertz CT molecular complexity index is 1010. The molecule has 0 radical (unpaired) electrons. The molecular weight excluding hydrogens is 468 g/mol. The van der Waals surface area contributed by atoms with Crippen LogP contribution in [0.25, 0.3) is 0 Å². The molecular formula is C31H40O6. The third-order valence-electron chi connectivity index (χ3n) is 6.67. The summed E-state index contributed by atoms with van der Waals surface area (Å²) in [5, 5.41) is 39.5. The topological polar surface area (TPSA) is 115 Å². The lowest BCUT2D eigenvalue weighted by atomic mass is 9.77. The van der Waals surface area contributed by atoms with Crippen molar-refractivity contribution in [3.05, 3.63) is 94.5 Å². The van der Waals surface area contributed by atoms with Crippen LogP contribution in [-0.2, 0) is 27.8 Å². The van der Waals surface area contributed by atoms with E-state index in [4.69, 9.17) is 0 Å². The van der Waals surface area contributed by atoms with Crippen LogP contribution in [0.4, 0.5) is 0 Å². The number of Topliss-reactive ketones (excluding diaryl/α,β-unsaturated/α-hetero) is 2. The quantitative estimate of drug-likeness (QED) is 0.199. The number of hydrogen-bond donors (Lipinski definition) is 4. The van der Waals surface area contributed by atoms with E-state index in [1.807, 2.05) is 62.4 Å². The fourth-order valence-electron chi connectivity index (χ4n) is 4.14. The molecule has 2 atom stereocenters. The van der Waals surface area contributed by atoms with Gasteiger partial charge in [-0.25, -0.2) is 0 Å². The summed E-state index contributed by atoms with van der Waals surface area (Å²) in [6.45, 7) is 7.88. The number of aryl methyl sites for hydroxylation is 2. The van der Waals surface area contributed by atoms with Crippen LogP contribution in [0.15, 0.2) is 72.2 Å². The molecule has 0 spiro atoms. The molecule has 6 heteroatoms. The van der Waals surface area contributed by atoms with Crippen LogP contribution in [0.3, 0.4) is 0 Å². The van der Waals surface area contributed by atoms with Gasteiger partial charge in [-0.2, -0.15) is 0 Å². The maximum Gasteiger partial charge on any atom is 0.225 e. The molecule has 0 heterocycles. The lowest BCUT2D eigenvalue weighted by Gasteiger charge is -2.26. The SMILES string of the molecule is CCC=C(O)C(=O)C(O)CCc1ccc(C(C)(C)c2ccc(CCC(O)C(=O)C(O)=CCC)cc2)cc1. The zero-order valence-corrected chi connectivity index (χ0v) is 22.3. The van der Waals surface area contributed by atoms with Gasteiger partial charge in [0.25, 0.3) is 0 Å². The summed E-state index contributed by atoms with van der Waals surface area (Å²) >= 11 is 0. The first-order valence-corrected chi connectivity index (χ1v) is 12.9. The maximum atomic E-state index is 12.0. The van der Waals surface area contributed by atoms with Gasteiger partial charge in [0.1, 0.15) is 12.2 Å². The molecule has 0 saturated carbocycles. The maximum absolute atomic E-state index is 12.0. The Kier molecular flexibility index (Phi) is 11.3. The van der Waals surface area contributed by atoms with E-state index in [0.29, 0.717) is 25.7 Å². The predicted octanol–water partition coefficient (Wildman–Crippen LogP) is 5.44.